The van der Waals surface area contributed by atoms with Crippen LogP contribution in [0, 0.1) is 6.92 Å². The quantitative estimate of drug-likeness (QED) is 0.640. The average Bonchev–Trinajstić information content (AvgIpc) is 3.11. The summed E-state index contributed by atoms with van der Waals surface area (Å²) in [5, 5.41) is 9.96. The van der Waals surface area contributed by atoms with Gasteiger partial charge in [-0.25, -0.2) is 0 Å². The highest BCUT2D eigenvalue weighted by Gasteiger charge is 2.12. The Kier molecular flexibility index (Phi) is 6.39. The van der Waals surface area contributed by atoms with Crippen LogP contribution in [0.3, 0.4) is 0 Å². The van der Waals surface area contributed by atoms with Crippen LogP contribution in [0.15, 0.2) is 55.0 Å². The van der Waals surface area contributed by atoms with Crippen LogP contribution in [-0.4, -0.2) is 26.6 Å². The van der Waals surface area contributed by atoms with Crippen molar-refractivity contribution < 1.29 is 9.59 Å². The Labute approximate surface area is 167 Å². The number of pyridine rings is 1. The number of hydrogen-bond donors (Lipinski definition) is 2. The normalized spacial score (nSPS) is 10.5. The summed E-state index contributed by atoms with van der Waals surface area (Å²) in [5.41, 5.74) is 2.67. The molecular formula is C20H20ClN5O2. The van der Waals surface area contributed by atoms with Crippen LogP contribution in [0.4, 0.5) is 5.69 Å². The van der Waals surface area contributed by atoms with Crippen molar-refractivity contribution >= 4 is 29.1 Å². The van der Waals surface area contributed by atoms with Gasteiger partial charge in [-0.2, -0.15) is 5.10 Å². The summed E-state index contributed by atoms with van der Waals surface area (Å²) in [7, 11) is 0. The highest BCUT2D eigenvalue weighted by Crippen LogP contribution is 2.21. The summed E-state index contributed by atoms with van der Waals surface area (Å²) in [5.74, 6) is -0.459. The van der Waals surface area contributed by atoms with Crippen LogP contribution in [0.2, 0.25) is 5.02 Å². The monoisotopic (exact) mass is 397 g/mol. The highest BCUT2D eigenvalue weighted by molar-refractivity contribution is 6.34. The molecule has 7 nitrogen and oxygen atoms in total. The van der Waals surface area contributed by atoms with Gasteiger partial charge in [0.05, 0.1) is 29.0 Å². The first kappa shape index (κ1) is 19.6. The van der Waals surface area contributed by atoms with Crippen molar-refractivity contribution in [2.45, 2.75) is 26.4 Å². The van der Waals surface area contributed by atoms with E-state index in [0.717, 1.165) is 11.3 Å². The Morgan fingerprint density at radius 1 is 1.21 bits per heavy atom. The van der Waals surface area contributed by atoms with E-state index in [2.05, 4.69) is 20.7 Å². The topological polar surface area (TPSA) is 88.9 Å². The molecule has 0 radical (unpaired) electrons. The minimum atomic E-state index is -0.303. The fourth-order valence-electron chi connectivity index (χ4n) is 2.57. The van der Waals surface area contributed by atoms with Crippen LogP contribution in [0.25, 0.3) is 0 Å². The second-order valence-electron chi connectivity index (χ2n) is 6.28. The molecule has 144 valence electrons. The molecule has 3 aromatic rings. The van der Waals surface area contributed by atoms with Crippen molar-refractivity contribution in [3.63, 3.8) is 0 Å². The number of halogens is 1. The number of carbonyl (C=O) groups is 2. The van der Waals surface area contributed by atoms with E-state index in [1.165, 1.54) is 0 Å². The number of hydrogen-bond acceptors (Lipinski definition) is 4. The zero-order valence-corrected chi connectivity index (χ0v) is 16.1. The Morgan fingerprint density at radius 3 is 2.75 bits per heavy atom. The molecule has 8 heteroatoms. The largest absolute Gasteiger partial charge is 0.346 e. The molecule has 0 aliphatic rings. The SMILES string of the molecule is Cc1cnn(CCC(=O)Nc2ccc(C(=O)NCc3ccccn3)c(Cl)c2)c1. The lowest BCUT2D eigenvalue weighted by Gasteiger charge is -2.09. The molecule has 2 aromatic heterocycles. The van der Waals surface area contributed by atoms with E-state index in [-0.39, 0.29) is 23.3 Å². The van der Waals surface area contributed by atoms with E-state index < -0.39 is 0 Å². The van der Waals surface area contributed by atoms with Crippen molar-refractivity contribution in [3.05, 3.63) is 76.8 Å². The summed E-state index contributed by atoms with van der Waals surface area (Å²) in [6.45, 7) is 2.74. The molecule has 2 amide bonds. The first-order valence-electron chi connectivity index (χ1n) is 8.78. The van der Waals surface area contributed by atoms with Crippen LogP contribution in [0.1, 0.15) is 28.0 Å². The van der Waals surface area contributed by atoms with Crippen LogP contribution >= 0.6 is 11.6 Å². The van der Waals surface area contributed by atoms with Gasteiger partial charge in [0, 0.05) is 31.0 Å². The van der Waals surface area contributed by atoms with Gasteiger partial charge in [-0.3, -0.25) is 19.3 Å². The first-order chi connectivity index (χ1) is 13.5. The van der Waals surface area contributed by atoms with Gasteiger partial charge >= 0.3 is 0 Å². The molecule has 0 spiro atoms. The third kappa shape index (κ3) is 5.40. The van der Waals surface area contributed by atoms with Gasteiger partial charge in [-0.15, -0.1) is 0 Å². The molecule has 0 aliphatic heterocycles. The van der Waals surface area contributed by atoms with E-state index in [4.69, 9.17) is 11.6 Å². The maximum atomic E-state index is 12.3. The van der Waals surface area contributed by atoms with Crippen LogP contribution in [-0.2, 0) is 17.9 Å². The maximum absolute atomic E-state index is 12.3. The number of aryl methyl sites for hydroxylation is 2. The predicted octanol–water partition coefficient (Wildman–Crippen LogP) is 3.20. The minimum Gasteiger partial charge on any atom is -0.346 e. The van der Waals surface area contributed by atoms with E-state index in [9.17, 15) is 9.59 Å². The Hall–Kier alpha value is -3.19. The number of amides is 2. The number of nitrogens with zero attached hydrogens (tertiary/aromatic N) is 3. The molecule has 1 aromatic carbocycles. The number of aromatic nitrogens is 3. The van der Waals surface area contributed by atoms with Gasteiger partial charge in [0.25, 0.3) is 5.91 Å². The molecule has 28 heavy (non-hydrogen) atoms. The van der Waals surface area contributed by atoms with Gasteiger partial charge in [0.1, 0.15) is 0 Å². The average molecular weight is 398 g/mol. The molecule has 2 N–H and O–H groups in total. The Bertz CT molecular complexity index is 972. The minimum absolute atomic E-state index is 0.156. The van der Waals surface area contributed by atoms with Gasteiger partial charge in [-0.1, -0.05) is 17.7 Å². The van der Waals surface area contributed by atoms with Crippen LogP contribution in [0.5, 0.6) is 0 Å². The number of nitrogens with one attached hydrogen (secondary N) is 2. The molecule has 0 fully saturated rings. The zero-order valence-electron chi connectivity index (χ0n) is 15.4. The Morgan fingerprint density at radius 2 is 2.07 bits per heavy atom. The number of anilines is 1. The lowest BCUT2D eigenvalue weighted by molar-refractivity contribution is -0.116. The predicted molar refractivity (Wildman–Crippen MR) is 107 cm³/mol. The fraction of sp³-hybridized carbons (Fsp3) is 0.200. The van der Waals surface area contributed by atoms with E-state index >= 15 is 0 Å². The molecule has 0 saturated carbocycles. The summed E-state index contributed by atoms with van der Waals surface area (Å²) >= 11 is 6.22. The van der Waals surface area contributed by atoms with Crippen molar-refractivity contribution in [3.8, 4) is 0 Å². The highest BCUT2D eigenvalue weighted by atomic mass is 35.5. The first-order valence-corrected chi connectivity index (χ1v) is 9.15. The summed E-state index contributed by atoms with van der Waals surface area (Å²) in [4.78, 5) is 28.6. The molecule has 2 heterocycles. The fourth-order valence-corrected chi connectivity index (χ4v) is 2.84. The second-order valence-corrected chi connectivity index (χ2v) is 6.68. The number of rotatable bonds is 7. The summed E-state index contributed by atoms with van der Waals surface area (Å²) in [6, 6.07) is 10.3. The number of benzene rings is 1. The number of carbonyl (C=O) groups excluding carboxylic acids is 2. The molecule has 0 bridgehead atoms. The molecule has 0 aliphatic carbocycles. The molecule has 3 rings (SSSR count). The van der Waals surface area contributed by atoms with Crippen molar-refractivity contribution in [2.24, 2.45) is 0 Å². The standard InChI is InChI=1S/C20H20ClN5O2/c1-14-11-24-26(13-14)9-7-19(27)25-15-5-6-17(18(21)10-15)20(28)23-12-16-4-2-3-8-22-16/h2-6,8,10-11,13H,7,9,12H2,1H3,(H,23,28)(H,25,27). The summed E-state index contributed by atoms with van der Waals surface area (Å²) < 4.78 is 1.72. The van der Waals surface area contributed by atoms with Gasteiger partial charge in [0.2, 0.25) is 5.91 Å². The third-order valence-corrected chi connectivity index (χ3v) is 4.30. The summed E-state index contributed by atoms with van der Waals surface area (Å²) in [6.07, 6.45) is 5.57. The lowest BCUT2D eigenvalue weighted by atomic mass is 10.2. The van der Waals surface area contributed by atoms with Gasteiger partial charge in [-0.05, 0) is 42.8 Å². The molecular weight excluding hydrogens is 378 g/mol. The zero-order chi connectivity index (χ0) is 19.9. The molecule has 0 unspecified atom stereocenters. The van der Waals surface area contributed by atoms with Crippen molar-refractivity contribution in [1.82, 2.24) is 20.1 Å². The molecule has 0 atom stereocenters. The van der Waals surface area contributed by atoms with E-state index in [1.54, 1.807) is 35.3 Å². The third-order valence-electron chi connectivity index (χ3n) is 3.98. The maximum Gasteiger partial charge on any atom is 0.253 e. The van der Waals surface area contributed by atoms with Crippen LogP contribution < -0.4 is 10.6 Å². The van der Waals surface area contributed by atoms with E-state index in [0.29, 0.717) is 24.3 Å². The van der Waals surface area contributed by atoms with Gasteiger partial charge < -0.3 is 10.6 Å². The Balaban J connectivity index is 1.54. The smallest absolute Gasteiger partial charge is 0.253 e. The van der Waals surface area contributed by atoms with Gasteiger partial charge in [0.15, 0.2) is 0 Å². The van der Waals surface area contributed by atoms with Crippen molar-refractivity contribution in [2.75, 3.05) is 5.32 Å². The van der Waals surface area contributed by atoms with E-state index in [1.807, 2.05) is 31.3 Å². The molecule has 0 saturated heterocycles. The van der Waals surface area contributed by atoms with Crippen molar-refractivity contribution in [1.29, 1.82) is 0 Å². The lowest BCUT2D eigenvalue weighted by Crippen LogP contribution is -2.23. The second kappa shape index (κ2) is 9.14.